The SMILES string of the molecule is C/C(=N\NC(=O)O)C1CC1. The number of hydrogen-bond donors (Lipinski definition) is 2. The average molecular weight is 142 g/mol. The molecule has 0 spiro atoms. The van der Waals surface area contributed by atoms with Gasteiger partial charge in [-0.3, -0.25) is 0 Å². The van der Waals surface area contributed by atoms with Crippen molar-refractivity contribution in [3.05, 3.63) is 0 Å². The van der Waals surface area contributed by atoms with Crippen LogP contribution in [0.4, 0.5) is 4.79 Å². The molecule has 0 atom stereocenters. The first-order valence-corrected chi connectivity index (χ1v) is 3.23. The highest BCUT2D eigenvalue weighted by Gasteiger charge is 2.24. The topological polar surface area (TPSA) is 61.7 Å². The van der Waals surface area contributed by atoms with E-state index in [1.54, 1.807) is 0 Å². The summed E-state index contributed by atoms with van der Waals surface area (Å²) in [6, 6.07) is 0. The second kappa shape index (κ2) is 2.68. The molecule has 1 saturated carbocycles. The highest BCUT2D eigenvalue weighted by Crippen LogP contribution is 2.29. The van der Waals surface area contributed by atoms with E-state index in [1.165, 1.54) is 0 Å². The first kappa shape index (κ1) is 7.05. The molecule has 0 radical (unpaired) electrons. The molecular weight excluding hydrogens is 132 g/mol. The van der Waals surface area contributed by atoms with Crippen LogP contribution in [0.1, 0.15) is 19.8 Å². The van der Waals surface area contributed by atoms with Crippen LogP contribution in [0.2, 0.25) is 0 Å². The highest BCUT2D eigenvalue weighted by molar-refractivity contribution is 5.87. The fourth-order valence-electron chi connectivity index (χ4n) is 0.728. The van der Waals surface area contributed by atoms with Crippen LogP contribution in [-0.2, 0) is 0 Å². The molecule has 0 aliphatic heterocycles. The molecular formula is C6H10N2O2. The fraction of sp³-hybridized carbons (Fsp3) is 0.667. The summed E-state index contributed by atoms with van der Waals surface area (Å²) >= 11 is 0. The molecule has 0 aromatic rings. The van der Waals surface area contributed by atoms with Gasteiger partial charge in [-0.05, 0) is 25.7 Å². The maximum Gasteiger partial charge on any atom is 0.425 e. The van der Waals surface area contributed by atoms with E-state index in [1.807, 2.05) is 12.3 Å². The zero-order valence-corrected chi connectivity index (χ0v) is 5.79. The molecule has 1 aliphatic rings. The Bertz CT molecular complexity index is 173. The lowest BCUT2D eigenvalue weighted by atomic mass is 10.3. The summed E-state index contributed by atoms with van der Waals surface area (Å²) in [5, 5.41) is 11.8. The Kier molecular flexibility index (Phi) is 1.89. The van der Waals surface area contributed by atoms with E-state index in [2.05, 4.69) is 5.10 Å². The van der Waals surface area contributed by atoms with E-state index in [0.29, 0.717) is 5.92 Å². The van der Waals surface area contributed by atoms with Crippen LogP contribution < -0.4 is 5.43 Å². The van der Waals surface area contributed by atoms with Gasteiger partial charge in [-0.25, -0.2) is 10.2 Å². The number of nitrogens with zero attached hydrogens (tertiary/aromatic N) is 1. The van der Waals surface area contributed by atoms with Crippen molar-refractivity contribution in [3.8, 4) is 0 Å². The average Bonchev–Trinajstić information content (AvgIpc) is 2.63. The van der Waals surface area contributed by atoms with Crippen molar-refractivity contribution in [1.29, 1.82) is 0 Å². The van der Waals surface area contributed by atoms with Crippen LogP contribution in [0.5, 0.6) is 0 Å². The Morgan fingerprint density at radius 1 is 1.70 bits per heavy atom. The van der Waals surface area contributed by atoms with Crippen molar-refractivity contribution >= 4 is 11.8 Å². The molecule has 56 valence electrons. The van der Waals surface area contributed by atoms with Gasteiger partial charge in [-0.2, -0.15) is 5.10 Å². The zero-order chi connectivity index (χ0) is 7.56. The van der Waals surface area contributed by atoms with Gasteiger partial charge in [0.05, 0.1) is 0 Å². The Balaban J connectivity index is 2.30. The number of nitrogens with one attached hydrogen (secondary N) is 1. The molecule has 0 unspecified atom stereocenters. The van der Waals surface area contributed by atoms with Gasteiger partial charge in [-0.1, -0.05) is 0 Å². The van der Waals surface area contributed by atoms with Crippen LogP contribution in [0.25, 0.3) is 0 Å². The molecule has 1 amide bonds. The van der Waals surface area contributed by atoms with Crippen LogP contribution >= 0.6 is 0 Å². The summed E-state index contributed by atoms with van der Waals surface area (Å²) in [6.45, 7) is 1.84. The van der Waals surface area contributed by atoms with Crippen molar-refractivity contribution in [2.45, 2.75) is 19.8 Å². The quantitative estimate of drug-likeness (QED) is 0.447. The van der Waals surface area contributed by atoms with Gasteiger partial charge in [-0.15, -0.1) is 0 Å². The van der Waals surface area contributed by atoms with E-state index in [-0.39, 0.29) is 0 Å². The Morgan fingerprint density at radius 2 is 2.30 bits per heavy atom. The molecule has 1 rings (SSSR count). The molecule has 4 heteroatoms. The number of amides is 1. The van der Waals surface area contributed by atoms with Gasteiger partial charge >= 0.3 is 6.09 Å². The van der Waals surface area contributed by atoms with Gasteiger partial charge in [0.15, 0.2) is 0 Å². The van der Waals surface area contributed by atoms with Crippen LogP contribution in [0.3, 0.4) is 0 Å². The van der Waals surface area contributed by atoms with Gasteiger partial charge in [0.1, 0.15) is 0 Å². The predicted octanol–water partition coefficient (Wildman–Crippen LogP) is 1.04. The van der Waals surface area contributed by atoms with E-state index in [4.69, 9.17) is 5.11 Å². The molecule has 2 N–H and O–H groups in total. The third-order valence-electron chi connectivity index (χ3n) is 1.50. The van der Waals surface area contributed by atoms with Crippen LogP contribution in [0.15, 0.2) is 5.10 Å². The maximum absolute atomic E-state index is 9.93. The van der Waals surface area contributed by atoms with E-state index < -0.39 is 6.09 Å². The highest BCUT2D eigenvalue weighted by atomic mass is 16.4. The molecule has 0 aromatic heterocycles. The Labute approximate surface area is 58.9 Å². The number of rotatable bonds is 2. The fourth-order valence-corrected chi connectivity index (χ4v) is 0.728. The summed E-state index contributed by atoms with van der Waals surface area (Å²) in [7, 11) is 0. The van der Waals surface area contributed by atoms with Gasteiger partial charge in [0.2, 0.25) is 0 Å². The number of carbonyl (C=O) groups is 1. The minimum absolute atomic E-state index is 0.534. The van der Waals surface area contributed by atoms with Crippen LogP contribution in [0, 0.1) is 5.92 Å². The second-order valence-electron chi connectivity index (χ2n) is 2.44. The number of hydrogen-bond acceptors (Lipinski definition) is 2. The second-order valence-corrected chi connectivity index (χ2v) is 2.44. The van der Waals surface area contributed by atoms with Gasteiger partial charge in [0.25, 0.3) is 0 Å². The lowest BCUT2D eigenvalue weighted by Crippen LogP contribution is -2.16. The van der Waals surface area contributed by atoms with Crippen LogP contribution in [-0.4, -0.2) is 16.9 Å². The molecule has 0 aromatic carbocycles. The Hall–Kier alpha value is -1.06. The number of hydrazone groups is 1. The molecule has 0 bridgehead atoms. The zero-order valence-electron chi connectivity index (χ0n) is 5.79. The smallest absolute Gasteiger partial charge is 0.425 e. The lowest BCUT2D eigenvalue weighted by molar-refractivity contribution is 0.195. The number of carboxylic acid groups (broad SMARTS) is 1. The van der Waals surface area contributed by atoms with Gasteiger partial charge in [0, 0.05) is 5.71 Å². The van der Waals surface area contributed by atoms with E-state index in [9.17, 15) is 4.79 Å². The lowest BCUT2D eigenvalue weighted by Gasteiger charge is -1.94. The molecule has 0 saturated heterocycles. The summed E-state index contributed by atoms with van der Waals surface area (Å²) < 4.78 is 0. The standard InChI is InChI=1S/C6H10N2O2/c1-4(5-2-3-5)7-8-6(9)10/h5,8H,2-3H2,1H3,(H,9,10)/b7-4+. The van der Waals surface area contributed by atoms with Gasteiger partial charge < -0.3 is 5.11 Å². The summed E-state index contributed by atoms with van der Waals surface area (Å²) in [5.41, 5.74) is 2.86. The summed E-state index contributed by atoms with van der Waals surface area (Å²) in [4.78, 5) is 9.93. The predicted molar refractivity (Wildman–Crippen MR) is 37.0 cm³/mol. The maximum atomic E-state index is 9.93. The largest absolute Gasteiger partial charge is 0.464 e. The summed E-state index contributed by atoms with van der Waals surface area (Å²) in [6.07, 6.45) is 1.20. The van der Waals surface area contributed by atoms with Crippen molar-refractivity contribution in [2.24, 2.45) is 11.0 Å². The first-order valence-electron chi connectivity index (χ1n) is 3.23. The van der Waals surface area contributed by atoms with E-state index in [0.717, 1.165) is 18.6 Å². The molecule has 0 heterocycles. The summed E-state index contributed by atoms with van der Waals surface area (Å²) in [5.74, 6) is 0.534. The molecule has 4 nitrogen and oxygen atoms in total. The third-order valence-corrected chi connectivity index (χ3v) is 1.50. The van der Waals surface area contributed by atoms with Crippen molar-refractivity contribution in [3.63, 3.8) is 0 Å². The minimum atomic E-state index is -1.10. The van der Waals surface area contributed by atoms with Crippen molar-refractivity contribution < 1.29 is 9.90 Å². The normalized spacial score (nSPS) is 18.7. The third kappa shape index (κ3) is 2.05. The minimum Gasteiger partial charge on any atom is -0.464 e. The molecule has 10 heavy (non-hydrogen) atoms. The van der Waals surface area contributed by atoms with Crippen molar-refractivity contribution in [1.82, 2.24) is 5.43 Å². The van der Waals surface area contributed by atoms with Crippen molar-refractivity contribution in [2.75, 3.05) is 0 Å². The molecule has 1 fully saturated rings. The monoisotopic (exact) mass is 142 g/mol. The molecule has 1 aliphatic carbocycles. The Morgan fingerprint density at radius 3 is 2.70 bits per heavy atom. The first-order chi connectivity index (χ1) is 4.70. The van der Waals surface area contributed by atoms with E-state index >= 15 is 0 Å².